The van der Waals surface area contributed by atoms with Gasteiger partial charge in [-0.15, -0.1) is 0 Å². The minimum Gasteiger partial charge on any atom is -0.454 e. The zero-order valence-electron chi connectivity index (χ0n) is 15.6. The van der Waals surface area contributed by atoms with E-state index in [1.807, 2.05) is 42.5 Å². The van der Waals surface area contributed by atoms with E-state index < -0.39 is 0 Å². The van der Waals surface area contributed by atoms with Crippen LogP contribution < -0.4 is 20.1 Å². The van der Waals surface area contributed by atoms with Crippen LogP contribution in [-0.4, -0.2) is 22.7 Å². The quantitative estimate of drug-likeness (QED) is 0.690. The maximum Gasteiger partial charge on any atom is 0.275 e. The summed E-state index contributed by atoms with van der Waals surface area (Å²) in [6, 6.07) is 13.3. The molecule has 7 heteroatoms. The first kappa shape index (κ1) is 17.8. The van der Waals surface area contributed by atoms with Crippen LogP contribution in [0.3, 0.4) is 0 Å². The van der Waals surface area contributed by atoms with Crippen molar-refractivity contribution >= 4 is 23.1 Å². The Morgan fingerprint density at radius 2 is 1.71 bits per heavy atom. The molecule has 1 aliphatic heterocycles. The molecule has 2 N–H and O–H groups in total. The normalized spacial score (nSPS) is 12.1. The smallest absolute Gasteiger partial charge is 0.275 e. The lowest BCUT2D eigenvalue weighted by atomic mass is 10.0. The Balaban J connectivity index is 1.40. The van der Waals surface area contributed by atoms with Crippen molar-refractivity contribution in [2.45, 2.75) is 19.8 Å². The molecular formula is C21H20N4O3. The Hall–Kier alpha value is -3.61. The molecule has 0 bridgehead atoms. The fraction of sp³-hybridized carbons (Fsp3) is 0.190. The maximum atomic E-state index is 12.4. The Labute approximate surface area is 162 Å². The minimum atomic E-state index is -0.306. The summed E-state index contributed by atoms with van der Waals surface area (Å²) in [7, 11) is 0. The highest BCUT2D eigenvalue weighted by Crippen LogP contribution is 2.34. The lowest BCUT2D eigenvalue weighted by Crippen LogP contribution is -2.14. The Kier molecular flexibility index (Phi) is 4.80. The first-order valence-electron chi connectivity index (χ1n) is 8.98. The summed E-state index contributed by atoms with van der Waals surface area (Å²) in [4.78, 5) is 20.8. The molecule has 1 amide bonds. The van der Waals surface area contributed by atoms with Gasteiger partial charge in [0, 0.05) is 17.4 Å². The Morgan fingerprint density at radius 3 is 2.43 bits per heavy atom. The molecule has 0 unspecified atom stereocenters. The van der Waals surface area contributed by atoms with Gasteiger partial charge in [0.25, 0.3) is 5.91 Å². The molecule has 0 fully saturated rings. The minimum absolute atomic E-state index is 0.225. The summed E-state index contributed by atoms with van der Waals surface area (Å²) >= 11 is 0. The molecule has 0 atom stereocenters. The molecule has 1 aliphatic rings. The van der Waals surface area contributed by atoms with E-state index in [9.17, 15) is 4.79 Å². The third-order valence-corrected chi connectivity index (χ3v) is 4.36. The molecule has 2 aromatic carbocycles. The highest BCUT2D eigenvalue weighted by atomic mass is 16.7. The summed E-state index contributed by atoms with van der Waals surface area (Å²) in [5.41, 5.74) is 2.97. The first-order valence-corrected chi connectivity index (χ1v) is 8.98. The molecule has 4 rings (SSSR count). The third kappa shape index (κ3) is 3.88. The molecule has 28 heavy (non-hydrogen) atoms. The van der Waals surface area contributed by atoms with Crippen LogP contribution in [0.25, 0.3) is 0 Å². The third-order valence-electron chi connectivity index (χ3n) is 4.36. The number of rotatable bonds is 5. The molecular weight excluding hydrogens is 356 g/mol. The van der Waals surface area contributed by atoms with Crippen molar-refractivity contribution in [3.05, 3.63) is 66.1 Å². The van der Waals surface area contributed by atoms with Gasteiger partial charge in [-0.25, -0.2) is 9.97 Å². The number of amides is 1. The van der Waals surface area contributed by atoms with Gasteiger partial charge in [-0.3, -0.25) is 4.79 Å². The van der Waals surface area contributed by atoms with Crippen molar-refractivity contribution in [2.75, 3.05) is 17.4 Å². The number of aromatic nitrogens is 2. The molecule has 7 nitrogen and oxygen atoms in total. The van der Waals surface area contributed by atoms with E-state index in [1.165, 1.54) is 18.0 Å². The Bertz CT molecular complexity index is 986. The largest absolute Gasteiger partial charge is 0.454 e. The highest BCUT2D eigenvalue weighted by molar-refractivity contribution is 6.02. The number of anilines is 3. The summed E-state index contributed by atoms with van der Waals surface area (Å²) in [6.45, 7) is 4.48. The van der Waals surface area contributed by atoms with Gasteiger partial charge < -0.3 is 20.1 Å². The number of ether oxygens (including phenoxy) is 2. The van der Waals surface area contributed by atoms with Crippen LogP contribution in [0.1, 0.15) is 35.8 Å². The average molecular weight is 376 g/mol. The predicted molar refractivity (Wildman–Crippen MR) is 106 cm³/mol. The van der Waals surface area contributed by atoms with E-state index in [2.05, 4.69) is 34.4 Å². The maximum absolute atomic E-state index is 12.4. The molecule has 142 valence electrons. The van der Waals surface area contributed by atoms with Crippen LogP contribution in [0.2, 0.25) is 0 Å². The Morgan fingerprint density at radius 1 is 0.964 bits per heavy atom. The molecule has 1 aromatic heterocycles. The number of nitrogens with zero attached hydrogens (tertiary/aromatic N) is 2. The van der Waals surface area contributed by atoms with Crippen LogP contribution in [0, 0.1) is 0 Å². The van der Waals surface area contributed by atoms with Crippen molar-refractivity contribution in [1.82, 2.24) is 9.97 Å². The van der Waals surface area contributed by atoms with Gasteiger partial charge in [0.05, 0.1) is 12.4 Å². The van der Waals surface area contributed by atoms with Gasteiger partial charge in [-0.05, 0) is 35.7 Å². The van der Waals surface area contributed by atoms with Crippen molar-refractivity contribution in [1.29, 1.82) is 0 Å². The van der Waals surface area contributed by atoms with E-state index in [4.69, 9.17) is 9.47 Å². The molecule has 0 saturated carbocycles. The lowest BCUT2D eigenvalue weighted by Gasteiger charge is -2.09. The van der Waals surface area contributed by atoms with Crippen LogP contribution in [0.15, 0.2) is 54.9 Å². The fourth-order valence-electron chi connectivity index (χ4n) is 2.78. The second-order valence-corrected chi connectivity index (χ2v) is 6.71. The average Bonchev–Trinajstić information content (AvgIpc) is 3.17. The first-order chi connectivity index (χ1) is 13.6. The second-order valence-electron chi connectivity index (χ2n) is 6.71. The summed E-state index contributed by atoms with van der Waals surface area (Å²) < 4.78 is 10.6. The molecule has 2 heterocycles. The standard InChI is InChI=1S/C21H20N4O3/c1-13(2)14-3-5-15(6-4-14)25-21(26)17-10-23-20(11-22-17)24-16-7-8-18-19(9-16)28-12-27-18/h3-11,13H,12H2,1-2H3,(H,23,24)(H,25,26). The van der Waals surface area contributed by atoms with Crippen LogP contribution >= 0.6 is 0 Å². The molecule has 0 saturated heterocycles. The molecule has 0 aliphatic carbocycles. The van der Waals surface area contributed by atoms with Crippen LogP contribution in [-0.2, 0) is 0 Å². The number of nitrogens with one attached hydrogen (secondary N) is 2. The van der Waals surface area contributed by atoms with Gasteiger partial charge in [-0.1, -0.05) is 26.0 Å². The van der Waals surface area contributed by atoms with E-state index in [0.717, 1.165) is 11.4 Å². The molecule has 3 aromatic rings. The number of hydrogen-bond donors (Lipinski definition) is 2. The van der Waals surface area contributed by atoms with Crippen LogP contribution in [0.5, 0.6) is 11.5 Å². The topological polar surface area (TPSA) is 85.4 Å². The van der Waals surface area contributed by atoms with Crippen molar-refractivity contribution < 1.29 is 14.3 Å². The second kappa shape index (κ2) is 7.56. The van der Waals surface area contributed by atoms with Crippen molar-refractivity contribution in [3.63, 3.8) is 0 Å². The molecule has 0 radical (unpaired) electrons. The summed E-state index contributed by atoms with van der Waals surface area (Å²) in [6.07, 6.45) is 2.95. The monoisotopic (exact) mass is 376 g/mol. The van der Waals surface area contributed by atoms with Gasteiger partial charge in [0.15, 0.2) is 11.5 Å². The zero-order valence-corrected chi connectivity index (χ0v) is 15.6. The fourth-order valence-corrected chi connectivity index (χ4v) is 2.78. The number of hydrogen-bond acceptors (Lipinski definition) is 6. The van der Waals surface area contributed by atoms with Gasteiger partial charge in [0.2, 0.25) is 6.79 Å². The van der Waals surface area contributed by atoms with Crippen molar-refractivity contribution in [3.8, 4) is 11.5 Å². The highest BCUT2D eigenvalue weighted by Gasteiger charge is 2.14. The number of carbonyl (C=O) groups is 1. The van der Waals surface area contributed by atoms with Crippen molar-refractivity contribution in [2.24, 2.45) is 0 Å². The van der Waals surface area contributed by atoms with Gasteiger partial charge in [-0.2, -0.15) is 0 Å². The lowest BCUT2D eigenvalue weighted by molar-refractivity contribution is 0.102. The zero-order chi connectivity index (χ0) is 19.5. The predicted octanol–water partition coefficient (Wildman–Crippen LogP) is 4.32. The number of carbonyl (C=O) groups excluding carboxylic acids is 1. The van der Waals surface area contributed by atoms with E-state index >= 15 is 0 Å². The van der Waals surface area contributed by atoms with Gasteiger partial charge >= 0.3 is 0 Å². The van der Waals surface area contributed by atoms with Crippen LogP contribution in [0.4, 0.5) is 17.2 Å². The summed E-state index contributed by atoms with van der Waals surface area (Å²) in [5.74, 6) is 2.05. The number of fused-ring (bicyclic) bond motifs is 1. The summed E-state index contributed by atoms with van der Waals surface area (Å²) in [5, 5.41) is 5.95. The number of benzene rings is 2. The molecule has 0 spiro atoms. The SMILES string of the molecule is CC(C)c1ccc(NC(=O)c2cnc(Nc3ccc4c(c3)OCO4)cn2)cc1. The van der Waals surface area contributed by atoms with Gasteiger partial charge in [0.1, 0.15) is 11.5 Å². The van der Waals surface area contributed by atoms with E-state index in [1.54, 1.807) is 0 Å². The van der Waals surface area contributed by atoms with E-state index in [0.29, 0.717) is 23.2 Å². The van der Waals surface area contributed by atoms with E-state index in [-0.39, 0.29) is 18.4 Å².